The Balaban J connectivity index is 1.78. The van der Waals surface area contributed by atoms with Crippen molar-refractivity contribution in [2.45, 2.75) is 22.8 Å². The first-order valence-electron chi connectivity index (χ1n) is 8.56. The van der Waals surface area contributed by atoms with Crippen molar-refractivity contribution in [3.05, 3.63) is 60.2 Å². The Labute approximate surface area is 160 Å². The zero-order valence-corrected chi connectivity index (χ0v) is 16.5. The molecule has 2 aromatic rings. The SMILES string of the molecule is C[C@@H](NS(=O)(=O)c1ccc(S(=O)(=O)N2CCOCC2)cc1)c1ccccc1. The van der Waals surface area contributed by atoms with Gasteiger partial charge in [0.1, 0.15) is 0 Å². The van der Waals surface area contributed by atoms with Crippen molar-refractivity contribution in [2.75, 3.05) is 26.3 Å². The summed E-state index contributed by atoms with van der Waals surface area (Å²) < 4.78 is 59.5. The summed E-state index contributed by atoms with van der Waals surface area (Å²) in [6, 6.07) is 14.1. The Morgan fingerprint density at radius 3 is 2.04 bits per heavy atom. The lowest BCUT2D eigenvalue weighted by atomic mass is 10.1. The summed E-state index contributed by atoms with van der Waals surface area (Å²) in [6.45, 7) is 3.04. The molecule has 0 radical (unpaired) electrons. The third kappa shape index (κ3) is 4.56. The molecule has 1 saturated heterocycles. The van der Waals surface area contributed by atoms with Crippen LogP contribution in [0.4, 0.5) is 0 Å². The van der Waals surface area contributed by atoms with E-state index in [-0.39, 0.29) is 9.79 Å². The molecular weight excluding hydrogens is 388 g/mol. The lowest BCUT2D eigenvalue weighted by Gasteiger charge is -2.26. The van der Waals surface area contributed by atoms with E-state index < -0.39 is 26.1 Å². The first-order valence-corrected chi connectivity index (χ1v) is 11.5. The van der Waals surface area contributed by atoms with Crippen molar-refractivity contribution in [3.8, 4) is 0 Å². The Bertz CT molecular complexity index is 968. The third-order valence-corrected chi connectivity index (χ3v) is 7.84. The number of hydrogen-bond acceptors (Lipinski definition) is 5. The molecule has 1 heterocycles. The van der Waals surface area contributed by atoms with Crippen molar-refractivity contribution >= 4 is 20.0 Å². The van der Waals surface area contributed by atoms with Gasteiger partial charge in [0, 0.05) is 19.1 Å². The van der Waals surface area contributed by atoms with E-state index in [1.54, 1.807) is 6.92 Å². The van der Waals surface area contributed by atoms with Gasteiger partial charge in [-0.1, -0.05) is 30.3 Å². The number of sulfonamides is 2. The second-order valence-electron chi connectivity index (χ2n) is 6.24. The lowest BCUT2D eigenvalue weighted by molar-refractivity contribution is 0.0730. The molecule has 0 amide bonds. The smallest absolute Gasteiger partial charge is 0.243 e. The molecule has 1 atom stereocenters. The van der Waals surface area contributed by atoms with Gasteiger partial charge >= 0.3 is 0 Å². The predicted octanol–water partition coefficient (Wildman–Crippen LogP) is 1.75. The summed E-state index contributed by atoms with van der Waals surface area (Å²) in [5, 5.41) is 0. The van der Waals surface area contributed by atoms with Gasteiger partial charge in [0.05, 0.1) is 23.0 Å². The van der Waals surface area contributed by atoms with Crippen LogP contribution in [0.3, 0.4) is 0 Å². The van der Waals surface area contributed by atoms with Gasteiger partial charge in [-0.25, -0.2) is 21.6 Å². The van der Waals surface area contributed by atoms with Crippen molar-refractivity contribution in [1.82, 2.24) is 9.03 Å². The van der Waals surface area contributed by atoms with E-state index in [2.05, 4.69) is 4.72 Å². The van der Waals surface area contributed by atoms with Gasteiger partial charge in [-0.05, 0) is 36.8 Å². The molecule has 7 nitrogen and oxygen atoms in total. The number of hydrogen-bond donors (Lipinski definition) is 1. The molecule has 2 aromatic carbocycles. The summed E-state index contributed by atoms with van der Waals surface area (Å²) in [5.74, 6) is 0. The fourth-order valence-electron chi connectivity index (χ4n) is 2.84. The lowest BCUT2D eigenvalue weighted by Crippen LogP contribution is -2.40. The summed E-state index contributed by atoms with van der Waals surface area (Å²) in [7, 11) is -7.43. The topological polar surface area (TPSA) is 92.8 Å². The molecule has 146 valence electrons. The molecule has 0 aromatic heterocycles. The fourth-order valence-corrected chi connectivity index (χ4v) is 5.48. The largest absolute Gasteiger partial charge is 0.379 e. The highest BCUT2D eigenvalue weighted by Gasteiger charge is 2.27. The van der Waals surface area contributed by atoms with Crippen LogP contribution in [-0.4, -0.2) is 47.4 Å². The normalized spacial score (nSPS) is 17.5. The number of benzene rings is 2. The molecule has 1 aliphatic rings. The van der Waals surface area contributed by atoms with Crippen LogP contribution < -0.4 is 4.72 Å². The zero-order chi connectivity index (χ0) is 19.5. The Kier molecular flexibility index (Phi) is 5.97. The van der Waals surface area contributed by atoms with Gasteiger partial charge in [0.25, 0.3) is 0 Å². The maximum atomic E-state index is 12.6. The molecule has 0 saturated carbocycles. The number of ether oxygens (including phenoxy) is 1. The van der Waals surface area contributed by atoms with Crippen LogP contribution in [0.25, 0.3) is 0 Å². The molecule has 0 spiro atoms. The summed E-state index contributed by atoms with van der Waals surface area (Å²) in [5.41, 5.74) is 0.840. The molecule has 0 unspecified atom stereocenters. The van der Waals surface area contributed by atoms with Crippen LogP contribution in [0.15, 0.2) is 64.4 Å². The van der Waals surface area contributed by atoms with Gasteiger partial charge in [0.15, 0.2) is 0 Å². The summed E-state index contributed by atoms with van der Waals surface area (Å²) >= 11 is 0. The summed E-state index contributed by atoms with van der Waals surface area (Å²) in [6.07, 6.45) is 0. The minimum Gasteiger partial charge on any atom is -0.379 e. The first-order chi connectivity index (χ1) is 12.8. The van der Waals surface area contributed by atoms with Crippen LogP contribution >= 0.6 is 0 Å². The van der Waals surface area contributed by atoms with E-state index in [9.17, 15) is 16.8 Å². The van der Waals surface area contributed by atoms with Gasteiger partial charge in [-0.2, -0.15) is 4.31 Å². The van der Waals surface area contributed by atoms with E-state index in [0.29, 0.717) is 26.3 Å². The minimum absolute atomic E-state index is 0.0196. The predicted molar refractivity (Wildman–Crippen MR) is 101 cm³/mol. The zero-order valence-electron chi connectivity index (χ0n) is 14.9. The molecule has 0 aliphatic carbocycles. The summed E-state index contributed by atoms with van der Waals surface area (Å²) in [4.78, 5) is 0.0886. The Hall–Kier alpha value is -1.78. The van der Waals surface area contributed by atoms with Gasteiger partial charge in [-0.15, -0.1) is 0 Å². The van der Waals surface area contributed by atoms with Crippen molar-refractivity contribution < 1.29 is 21.6 Å². The molecule has 1 aliphatic heterocycles. The van der Waals surface area contributed by atoms with Gasteiger partial charge in [-0.3, -0.25) is 0 Å². The van der Waals surface area contributed by atoms with Crippen LogP contribution in [0.2, 0.25) is 0 Å². The monoisotopic (exact) mass is 410 g/mol. The molecule has 0 bridgehead atoms. The molecule has 1 N–H and O–H groups in total. The number of rotatable bonds is 6. The van der Waals surface area contributed by atoms with Crippen LogP contribution in [0.5, 0.6) is 0 Å². The van der Waals surface area contributed by atoms with Crippen LogP contribution in [0, 0.1) is 0 Å². The molecule has 27 heavy (non-hydrogen) atoms. The van der Waals surface area contributed by atoms with Crippen molar-refractivity contribution in [1.29, 1.82) is 0 Å². The highest BCUT2D eigenvalue weighted by atomic mass is 32.2. The van der Waals surface area contributed by atoms with Crippen molar-refractivity contribution in [2.24, 2.45) is 0 Å². The Morgan fingerprint density at radius 1 is 0.889 bits per heavy atom. The average Bonchev–Trinajstić information content (AvgIpc) is 2.69. The number of nitrogens with zero attached hydrogens (tertiary/aromatic N) is 1. The molecule has 3 rings (SSSR count). The highest BCUT2D eigenvalue weighted by molar-refractivity contribution is 7.89. The molecule has 1 fully saturated rings. The second kappa shape index (κ2) is 8.07. The van der Waals surface area contributed by atoms with E-state index in [4.69, 9.17) is 4.74 Å². The van der Waals surface area contributed by atoms with Crippen LogP contribution in [-0.2, 0) is 24.8 Å². The number of morpholine rings is 1. The quantitative estimate of drug-likeness (QED) is 0.783. The maximum absolute atomic E-state index is 12.6. The second-order valence-corrected chi connectivity index (χ2v) is 9.89. The van der Waals surface area contributed by atoms with E-state index in [1.807, 2.05) is 30.3 Å². The Morgan fingerprint density at radius 2 is 1.44 bits per heavy atom. The minimum atomic E-state index is -3.77. The highest BCUT2D eigenvalue weighted by Crippen LogP contribution is 2.21. The van der Waals surface area contributed by atoms with E-state index in [1.165, 1.54) is 28.6 Å². The van der Waals surface area contributed by atoms with Gasteiger partial charge in [0.2, 0.25) is 20.0 Å². The first kappa shape index (κ1) is 20.0. The van der Waals surface area contributed by atoms with Crippen molar-refractivity contribution in [3.63, 3.8) is 0 Å². The molecular formula is C18H22N2O5S2. The standard InChI is InChI=1S/C18H22N2O5S2/c1-15(16-5-3-2-4-6-16)19-26(21,22)17-7-9-18(10-8-17)27(23,24)20-11-13-25-14-12-20/h2-10,15,19H,11-14H2,1H3/t15-/m1/s1. The molecule has 9 heteroatoms. The average molecular weight is 411 g/mol. The van der Waals surface area contributed by atoms with Crippen LogP contribution in [0.1, 0.15) is 18.5 Å². The van der Waals surface area contributed by atoms with E-state index in [0.717, 1.165) is 5.56 Å². The third-order valence-electron chi connectivity index (χ3n) is 4.37. The number of nitrogens with one attached hydrogen (secondary N) is 1. The fraction of sp³-hybridized carbons (Fsp3) is 0.333. The van der Waals surface area contributed by atoms with E-state index >= 15 is 0 Å². The maximum Gasteiger partial charge on any atom is 0.243 e. The van der Waals surface area contributed by atoms with Gasteiger partial charge < -0.3 is 4.74 Å².